The van der Waals surface area contributed by atoms with E-state index >= 15 is 0 Å². The minimum Gasteiger partial charge on any atom is -0.493 e. The SMILES string of the molecule is COc1cc([C@@H]2NC(=O)c3c(sc4c3CCCC4)N2)cc(Br)c1OC. The summed E-state index contributed by atoms with van der Waals surface area (Å²) in [5.74, 6) is 1.27. The number of anilines is 1. The first-order valence-corrected chi connectivity index (χ1v) is 9.86. The van der Waals surface area contributed by atoms with Crippen molar-refractivity contribution < 1.29 is 14.3 Å². The maximum Gasteiger partial charge on any atom is 0.256 e. The van der Waals surface area contributed by atoms with E-state index in [0.717, 1.165) is 39.9 Å². The number of carbonyl (C=O) groups is 1. The fourth-order valence-corrected chi connectivity index (χ4v) is 5.49. The molecule has 1 atom stereocenters. The predicted molar refractivity (Wildman–Crippen MR) is 102 cm³/mol. The summed E-state index contributed by atoms with van der Waals surface area (Å²) in [5, 5.41) is 7.55. The maximum atomic E-state index is 12.8. The molecule has 4 rings (SSSR count). The Morgan fingerprint density at radius 2 is 1.96 bits per heavy atom. The molecule has 2 aliphatic rings. The fraction of sp³-hybridized carbons (Fsp3) is 0.389. The highest BCUT2D eigenvalue weighted by Gasteiger charge is 2.32. The van der Waals surface area contributed by atoms with Crippen LogP contribution in [0.1, 0.15) is 45.4 Å². The van der Waals surface area contributed by atoms with Crippen LogP contribution in [0.2, 0.25) is 0 Å². The molecule has 2 aromatic rings. The van der Waals surface area contributed by atoms with Gasteiger partial charge < -0.3 is 20.1 Å². The van der Waals surface area contributed by atoms with Crippen LogP contribution in [-0.2, 0) is 12.8 Å². The zero-order valence-corrected chi connectivity index (χ0v) is 16.5. The van der Waals surface area contributed by atoms with Crippen molar-refractivity contribution in [3.8, 4) is 11.5 Å². The third-order valence-electron chi connectivity index (χ3n) is 4.74. The summed E-state index contributed by atoms with van der Waals surface area (Å²) in [7, 11) is 3.21. The van der Waals surface area contributed by atoms with E-state index in [0.29, 0.717) is 11.5 Å². The van der Waals surface area contributed by atoms with Crippen LogP contribution >= 0.6 is 27.3 Å². The summed E-state index contributed by atoms with van der Waals surface area (Å²) in [6.07, 6.45) is 4.16. The van der Waals surface area contributed by atoms with E-state index in [1.807, 2.05) is 12.1 Å². The number of hydrogen-bond acceptors (Lipinski definition) is 5. The van der Waals surface area contributed by atoms with Crippen molar-refractivity contribution in [1.82, 2.24) is 5.32 Å². The number of halogens is 1. The highest BCUT2D eigenvalue weighted by atomic mass is 79.9. The van der Waals surface area contributed by atoms with Gasteiger partial charge >= 0.3 is 0 Å². The molecular formula is C18H19BrN2O3S. The van der Waals surface area contributed by atoms with Crippen LogP contribution in [0.4, 0.5) is 5.00 Å². The second kappa shape index (κ2) is 6.53. The lowest BCUT2D eigenvalue weighted by atomic mass is 9.94. The molecule has 0 bridgehead atoms. The topological polar surface area (TPSA) is 59.6 Å². The average Bonchev–Trinajstić information content (AvgIpc) is 2.99. The van der Waals surface area contributed by atoms with Gasteiger partial charge in [0.05, 0.1) is 24.3 Å². The minimum atomic E-state index is -0.295. The van der Waals surface area contributed by atoms with Crippen LogP contribution < -0.4 is 20.1 Å². The number of thiophene rings is 1. The lowest BCUT2D eigenvalue weighted by Gasteiger charge is -2.27. The molecule has 1 aliphatic carbocycles. The molecule has 0 unspecified atom stereocenters. The van der Waals surface area contributed by atoms with E-state index in [1.165, 1.54) is 16.9 Å². The maximum absolute atomic E-state index is 12.8. The summed E-state index contributed by atoms with van der Waals surface area (Å²) < 4.78 is 11.6. The summed E-state index contributed by atoms with van der Waals surface area (Å²) in [4.78, 5) is 14.1. The van der Waals surface area contributed by atoms with Crippen molar-refractivity contribution in [2.75, 3.05) is 19.5 Å². The van der Waals surface area contributed by atoms with Crippen molar-refractivity contribution in [2.24, 2.45) is 0 Å². The molecule has 1 aliphatic heterocycles. The number of aryl methyl sites for hydroxylation is 1. The van der Waals surface area contributed by atoms with E-state index < -0.39 is 0 Å². The number of fused-ring (bicyclic) bond motifs is 3. The predicted octanol–water partition coefficient (Wildman–Crippen LogP) is 4.26. The third kappa shape index (κ3) is 2.79. The number of hydrogen-bond donors (Lipinski definition) is 2. The molecule has 1 amide bonds. The van der Waals surface area contributed by atoms with E-state index in [1.54, 1.807) is 25.6 Å². The number of benzene rings is 1. The zero-order valence-electron chi connectivity index (χ0n) is 14.1. The second-order valence-corrected chi connectivity index (χ2v) is 8.16. The lowest BCUT2D eigenvalue weighted by molar-refractivity contribution is 0.0935. The van der Waals surface area contributed by atoms with Gasteiger partial charge in [-0.05, 0) is 64.9 Å². The van der Waals surface area contributed by atoms with Crippen molar-refractivity contribution in [2.45, 2.75) is 31.8 Å². The number of methoxy groups -OCH3 is 2. The van der Waals surface area contributed by atoms with Crippen LogP contribution in [0.5, 0.6) is 11.5 Å². The van der Waals surface area contributed by atoms with Crippen LogP contribution in [0.25, 0.3) is 0 Å². The van der Waals surface area contributed by atoms with Gasteiger partial charge in [0.25, 0.3) is 5.91 Å². The van der Waals surface area contributed by atoms with Crippen molar-refractivity contribution >= 4 is 38.2 Å². The molecule has 5 nitrogen and oxygen atoms in total. The molecule has 0 spiro atoms. The largest absolute Gasteiger partial charge is 0.493 e. The first-order valence-electron chi connectivity index (χ1n) is 8.25. The summed E-state index contributed by atoms with van der Waals surface area (Å²) in [6, 6.07) is 3.83. The molecule has 2 heterocycles. The third-order valence-corrected chi connectivity index (χ3v) is 6.55. The molecule has 7 heteroatoms. The summed E-state index contributed by atoms with van der Waals surface area (Å²) in [6.45, 7) is 0. The first kappa shape index (κ1) is 16.7. The molecule has 2 N–H and O–H groups in total. The Labute approximate surface area is 158 Å². The van der Waals surface area contributed by atoms with Crippen molar-refractivity contribution in [3.63, 3.8) is 0 Å². The number of carbonyl (C=O) groups excluding carboxylic acids is 1. The van der Waals surface area contributed by atoms with Crippen molar-refractivity contribution in [3.05, 3.63) is 38.2 Å². The molecule has 0 saturated heterocycles. The van der Waals surface area contributed by atoms with E-state index in [4.69, 9.17) is 9.47 Å². The Kier molecular flexibility index (Phi) is 4.37. The smallest absolute Gasteiger partial charge is 0.256 e. The molecule has 0 fully saturated rings. The number of rotatable bonds is 3. The van der Waals surface area contributed by atoms with Crippen LogP contribution in [-0.4, -0.2) is 20.1 Å². The van der Waals surface area contributed by atoms with Crippen molar-refractivity contribution in [1.29, 1.82) is 0 Å². The Morgan fingerprint density at radius 3 is 2.72 bits per heavy atom. The highest BCUT2D eigenvalue weighted by molar-refractivity contribution is 9.10. The fourth-order valence-electron chi connectivity index (χ4n) is 3.55. The Morgan fingerprint density at radius 1 is 1.16 bits per heavy atom. The molecule has 1 aromatic heterocycles. The van der Waals surface area contributed by atoms with Gasteiger partial charge in [-0.3, -0.25) is 4.79 Å². The van der Waals surface area contributed by atoms with E-state index in [9.17, 15) is 4.79 Å². The molecule has 25 heavy (non-hydrogen) atoms. The Hall–Kier alpha value is -1.73. The molecule has 0 saturated carbocycles. The number of amides is 1. The van der Waals surface area contributed by atoms with Gasteiger partial charge in [0.1, 0.15) is 11.2 Å². The van der Waals surface area contributed by atoms with E-state index in [2.05, 4.69) is 26.6 Å². The monoisotopic (exact) mass is 422 g/mol. The van der Waals surface area contributed by atoms with E-state index in [-0.39, 0.29) is 12.1 Å². The normalized spacial score (nSPS) is 18.7. The van der Waals surface area contributed by atoms with Crippen LogP contribution in [0.3, 0.4) is 0 Å². The quantitative estimate of drug-likeness (QED) is 0.775. The molecular weight excluding hydrogens is 404 g/mol. The lowest BCUT2D eigenvalue weighted by Crippen LogP contribution is -2.38. The highest BCUT2D eigenvalue weighted by Crippen LogP contribution is 2.43. The van der Waals surface area contributed by atoms with Gasteiger partial charge in [-0.1, -0.05) is 0 Å². The molecule has 132 valence electrons. The summed E-state index contributed by atoms with van der Waals surface area (Å²) in [5.41, 5.74) is 2.99. The summed E-state index contributed by atoms with van der Waals surface area (Å²) >= 11 is 5.24. The zero-order chi connectivity index (χ0) is 17.6. The Balaban J connectivity index is 1.71. The van der Waals surface area contributed by atoms with Crippen LogP contribution in [0, 0.1) is 0 Å². The van der Waals surface area contributed by atoms with Gasteiger partial charge in [0.15, 0.2) is 11.5 Å². The first-order chi connectivity index (χ1) is 12.1. The minimum absolute atomic E-state index is 0.00376. The second-order valence-electron chi connectivity index (χ2n) is 6.20. The standard InChI is InChI=1S/C18H19BrN2O3S/c1-23-12-8-9(7-11(19)15(12)24-2)16-20-17(22)14-10-5-3-4-6-13(10)25-18(14)21-16/h7-8,16,21H,3-6H2,1-2H3,(H,20,22)/t16-/m1/s1. The van der Waals surface area contributed by atoms with Gasteiger partial charge in [-0.2, -0.15) is 0 Å². The number of ether oxygens (including phenoxy) is 2. The Bertz CT molecular complexity index is 849. The van der Waals surface area contributed by atoms with Gasteiger partial charge in [0.2, 0.25) is 0 Å². The molecule has 0 radical (unpaired) electrons. The number of nitrogens with one attached hydrogen (secondary N) is 2. The van der Waals surface area contributed by atoms with Gasteiger partial charge in [0, 0.05) is 4.88 Å². The van der Waals surface area contributed by atoms with Gasteiger partial charge in [-0.25, -0.2) is 0 Å². The molecule has 1 aromatic carbocycles. The van der Waals surface area contributed by atoms with Gasteiger partial charge in [-0.15, -0.1) is 11.3 Å². The average molecular weight is 423 g/mol. The van der Waals surface area contributed by atoms with Crippen LogP contribution in [0.15, 0.2) is 16.6 Å².